The normalized spacial score (nSPS) is 15.6. The van der Waals surface area contributed by atoms with Gasteiger partial charge in [0.2, 0.25) is 6.10 Å². The molecule has 0 aromatic heterocycles. The minimum atomic E-state index is -0.597. The number of piperidine rings is 1. The molecule has 2 aromatic carbocycles. The molecule has 4 nitrogen and oxygen atoms in total. The standard InChI is InChI=1S/C23H30N2O2.ClH/c1-3-19-9-7-8-12-21(19)27-22(20-10-5-4-6-11-20)23(26)25-15-13-18(14-16-25)17-24-2;/h4-12,18,22,24H,3,13-17H2,1-2H3;1H. The highest BCUT2D eigenvalue weighted by atomic mass is 35.5. The summed E-state index contributed by atoms with van der Waals surface area (Å²) in [5.41, 5.74) is 2.03. The molecule has 1 heterocycles. The van der Waals surface area contributed by atoms with Gasteiger partial charge < -0.3 is 15.0 Å². The third kappa shape index (κ3) is 5.49. The van der Waals surface area contributed by atoms with Crippen LogP contribution in [0.3, 0.4) is 0 Å². The number of carbonyl (C=O) groups excluding carboxylic acids is 1. The second-order valence-corrected chi connectivity index (χ2v) is 7.20. The maximum atomic E-state index is 13.4. The number of benzene rings is 2. The van der Waals surface area contributed by atoms with Crippen molar-refractivity contribution in [2.75, 3.05) is 26.7 Å². The molecule has 0 bridgehead atoms. The van der Waals surface area contributed by atoms with Crippen molar-refractivity contribution in [3.63, 3.8) is 0 Å². The van der Waals surface area contributed by atoms with Crippen molar-refractivity contribution in [1.29, 1.82) is 0 Å². The molecule has 1 N–H and O–H groups in total. The second-order valence-electron chi connectivity index (χ2n) is 7.20. The summed E-state index contributed by atoms with van der Waals surface area (Å²) < 4.78 is 6.31. The molecular weight excluding hydrogens is 372 g/mol. The van der Waals surface area contributed by atoms with E-state index in [1.54, 1.807) is 0 Å². The van der Waals surface area contributed by atoms with Crippen molar-refractivity contribution in [3.05, 3.63) is 65.7 Å². The molecule has 0 saturated carbocycles. The van der Waals surface area contributed by atoms with Crippen molar-refractivity contribution < 1.29 is 9.53 Å². The molecule has 0 radical (unpaired) electrons. The topological polar surface area (TPSA) is 41.6 Å². The summed E-state index contributed by atoms with van der Waals surface area (Å²) in [6.45, 7) is 4.72. The third-order valence-electron chi connectivity index (χ3n) is 5.34. The number of hydrogen-bond acceptors (Lipinski definition) is 3. The first-order chi connectivity index (χ1) is 13.2. The summed E-state index contributed by atoms with van der Waals surface area (Å²) in [6, 6.07) is 17.8. The summed E-state index contributed by atoms with van der Waals surface area (Å²) in [5, 5.41) is 3.25. The van der Waals surface area contributed by atoms with Gasteiger partial charge in [0.05, 0.1) is 0 Å². The highest BCUT2D eigenvalue weighted by Crippen LogP contribution is 2.29. The maximum absolute atomic E-state index is 13.4. The van der Waals surface area contributed by atoms with Crippen LogP contribution < -0.4 is 10.1 Å². The van der Waals surface area contributed by atoms with Gasteiger partial charge in [0.25, 0.3) is 5.91 Å². The van der Waals surface area contributed by atoms with Gasteiger partial charge in [-0.2, -0.15) is 0 Å². The zero-order valence-electron chi connectivity index (χ0n) is 16.8. The maximum Gasteiger partial charge on any atom is 0.268 e. The highest BCUT2D eigenvalue weighted by Gasteiger charge is 2.31. The Hall–Kier alpha value is -2.04. The van der Waals surface area contributed by atoms with Crippen molar-refractivity contribution in [2.45, 2.75) is 32.3 Å². The molecular formula is C23H31ClN2O2. The minimum absolute atomic E-state index is 0. The first-order valence-corrected chi connectivity index (χ1v) is 9.95. The molecule has 0 spiro atoms. The van der Waals surface area contributed by atoms with Crippen LogP contribution in [0, 0.1) is 5.92 Å². The fourth-order valence-electron chi connectivity index (χ4n) is 3.74. The number of hydrogen-bond donors (Lipinski definition) is 1. The number of amides is 1. The smallest absolute Gasteiger partial charge is 0.268 e. The Balaban J connectivity index is 0.00000280. The van der Waals surface area contributed by atoms with Crippen LogP contribution in [0.2, 0.25) is 0 Å². The number of aryl methyl sites for hydroxylation is 1. The first-order valence-electron chi connectivity index (χ1n) is 9.95. The SMILES string of the molecule is CCc1ccccc1OC(C(=O)N1CCC(CNC)CC1)c1ccccc1.Cl. The van der Waals surface area contributed by atoms with E-state index in [2.05, 4.69) is 18.3 Å². The van der Waals surface area contributed by atoms with E-state index < -0.39 is 6.10 Å². The lowest BCUT2D eigenvalue weighted by Gasteiger charge is -2.34. The zero-order valence-corrected chi connectivity index (χ0v) is 17.6. The van der Waals surface area contributed by atoms with Gasteiger partial charge in [-0.3, -0.25) is 4.79 Å². The summed E-state index contributed by atoms with van der Waals surface area (Å²) in [4.78, 5) is 15.3. The van der Waals surface area contributed by atoms with Gasteiger partial charge in [0.1, 0.15) is 5.75 Å². The number of likely N-dealkylation sites (tertiary alicyclic amines) is 1. The van der Waals surface area contributed by atoms with Crippen LogP contribution in [0.15, 0.2) is 54.6 Å². The molecule has 1 atom stereocenters. The van der Waals surface area contributed by atoms with Gasteiger partial charge in [-0.15, -0.1) is 12.4 Å². The van der Waals surface area contributed by atoms with E-state index in [-0.39, 0.29) is 18.3 Å². The summed E-state index contributed by atoms with van der Waals surface area (Å²) in [7, 11) is 1.99. The van der Waals surface area contributed by atoms with Crippen LogP contribution in [0.5, 0.6) is 5.75 Å². The molecule has 28 heavy (non-hydrogen) atoms. The average molecular weight is 403 g/mol. The molecule has 3 rings (SSSR count). The highest BCUT2D eigenvalue weighted by molar-refractivity contribution is 5.85. The number of halogens is 1. The van der Waals surface area contributed by atoms with Crippen molar-refractivity contribution in [2.24, 2.45) is 5.92 Å². The average Bonchev–Trinajstić information content (AvgIpc) is 2.73. The first kappa shape index (κ1) is 22.3. The predicted molar refractivity (Wildman–Crippen MR) is 116 cm³/mol. The van der Waals surface area contributed by atoms with E-state index in [0.717, 1.165) is 55.8 Å². The van der Waals surface area contributed by atoms with Gasteiger partial charge in [-0.05, 0) is 50.4 Å². The Kier molecular flexibility index (Phi) is 8.81. The zero-order chi connectivity index (χ0) is 19.1. The summed E-state index contributed by atoms with van der Waals surface area (Å²) in [5.74, 6) is 1.51. The molecule has 1 amide bonds. The Bertz CT molecular complexity index is 730. The van der Waals surface area contributed by atoms with E-state index in [4.69, 9.17) is 4.74 Å². The van der Waals surface area contributed by atoms with E-state index in [1.165, 1.54) is 0 Å². The largest absolute Gasteiger partial charge is 0.476 e. The van der Waals surface area contributed by atoms with Crippen molar-refractivity contribution in [3.8, 4) is 5.75 Å². The van der Waals surface area contributed by atoms with E-state index >= 15 is 0 Å². The summed E-state index contributed by atoms with van der Waals surface area (Å²) >= 11 is 0. The molecule has 5 heteroatoms. The molecule has 0 aliphatic carbocycles. The van der Waals surface area contributed by atoms with Gasteiger partial charge in [0.15, 0.2) is 0 Å². The van der Waals surface area contributed by atoms with Crippen molar-refractivity contribution in [1.82, 2.24) is 10.2 Å². The quantitative estimate of drug-likeness (QED) is 0.752. The third-order valence-corrected chi connectivity index (χ3v) is 5.34. The fraction of sp³-hybridized carbons (Fsp3) is 0.435. The van der Waals surface area contributed by atoms with Crippen LogP contribution in [0.1, 0.15) is 37.0 Å². The van der Waals surface area contributed by atoms with E-state index in [9.17, 15) is 4.79 Å². The number of ether oxygens (including phenoxy) is 1. The van der Waals surface area contributed by atoms with Gasteiger partial charge in [-0.1, -0.05) is 55.5 Å². The number of para-hydroxylation sites is 1. The second kappa shape index (κ2) is 11.1. The molecule has 152 valence electrons. The van der Waals surface area contributed by atoms with Crippen LogP contribution >= 0.6 is 12.4 Å². The van der Waals surface area contributed by atoms with Crippen LogP contribution in [0.25, 0.3) is 0 Å². The molecule has 1 aliphatic rings. The Morgan fingerprint density at radius 2 is 1.75 bits per heavy atom. The number of carbonyl (C=O) groups is 1. The predicted octanol–water partition coefficient (Wildman–Crippen LogP) is 4.25. The lowest BCUT2D eigenvalue weighted by molar-refractivity contribution is -0.140. The lowest BCUT2D eigenvalue weighted by Crippen LogP contribution is -2.43. The molecule has 1 saturated heterocycles. The van der Waals surface area contributed by atoms with Gasteiger partial charge in [0, 0.05) is 18.7 Å². The number of rotatable bonds is 7. The Morgan fingerprint density at radius 3 is 2.39 bits per heavy atom. The molecule has 1 unspecified atom stereocenters. The molecule has 1 fully saturated rings. The minimum Gasteiger partial charge on any atom is -0.476 e. The lowest BCUT2D eigenvalue weighted by atomic mass is 9.96. The van der Waals surface area contributed by atoms with Crippen LogP contribution in [-0.4, -0.2) is 37.5 Å². The Morgan fingerprint density at radius 1 is 1.11 bits per heavy atom. The van der Waals surface area contributed by atoms with Gasteiger partial charge >= 0.3 is 0 Å². The van der Waals surface area contributed by atoms with Crippen LogP contribution in [0.4, 0.5) is 0 Å². The number of nitrogens with one attached hydrogen (secondary N) is 1. The monoisotopic (exact) mass is 402 g/mol. The fourth-order valence-corrected chi connectivity index (χ4v) is 3.74. The molecule has 1 aliphatic heterocycles. The summed E-state index contributed by atoms with van der Waals surface area (Å²) in [6.07, 6.45) is 2.36. The van der Waals surface area contributed by atoms with Crippen molar-refractivity contribution >= 4 is 18.3 Å². The molecule has 2 aromatic rings. The van der Waals surface area contributed by atoms with Gasteiger partial charge in [-0.25, -0.2) is 0 Å². The van der Waals surface area contributed by atoms with Crippen LogP contribution in [-0.2, 0) is 11.2 Å². The van der Waals surface area contributed by atoms with E-state index in [1.807, 2.05) is 60.5 Å². The number of nitrogens with zero attached hydrogens (tertiary/aromatic N) is 1. The Labute approximate surface area is 174 Å². The van der Waals surface area contributed by atoms with E-state index in [0.29, 0.717) is 5.92 Å².